The molecule has 1 N–H and O–H groups in total. The van der Waals surface area contributed by atoms with Gasteiger partial charge >= 0.3 is 0 Å². The summed E-state index contributed by atoms with van der Waals surface area (Å²) in [5, 5.41) is 20.5. The van der Waals surface area contributed by atoms with Crippen molar-refractivity contribution in [1.29, 1.82) is 5.26 Å². The predicted octanol–water partition coefficient (Wildman–Crippen LogP) is 4.98. The molecule has 4 rings (SSSR count). The fourth-order valence-electron chi connectivity index (χ4n) is 4.10. The van der Waals surface area contributed by atoms with Crippen molar-refractivity contribution in [3.8, 4) is 17.6 Å². The van der Waals surface area contributed by atoms with Gasteiger partial charge in [0.2, 0.25) is 0 Å². The van der Waals surface area contributed by atoms with E-state index in [4.69, 9.17) is 14.7 Å². The quantitative estimate of drug-likeness (QED) is 0.311. The van der Waals surface area contributed by atoms with Gasteiger partial charge in [0.15, 0.2) is 0 Å². The summed E-state index contributed by atoms with van der Waals surface area (Å²) >= 11 is 0. The molecule has 3 aromatic carbocycles. The molecule has 7 nitrogen and oxygen atoms in total. The van der Waals surface area contributed by atoms with E-state index in [2.05, 4.69) is 0 Å². The SMILES string of the molecule is COc1ccccc1/C(O)=C1/C(=O)C(=O)N(c2ccc(C#N)cc2)C1c1ccc(OC(C)C)cc1. The van der Waals surface area contributed by atoms with Crippen LogP contribution < -0.4 is 14.4 Å². The summed E-state index contributed by atoms with van der Waals surface area (Å²) in [6.07, 6.45) is -0.0179. The number of carbonyl (C=O) groups is 2. The maximum absolute atomic E-state index is 13.3. The van der Waals surface area contributed by atoms with Gasteiger partial charge < -0.3 is 14.6 Å². The Balaban J connectivity index is 1.91. The highest BCUT2D eigenvalue weighted by Gasteiger charge is 2.47. The average Bonchev–Trinajstić information content (AvgIpc) is 3.14. The first-order valence-electron chi connectivity index (χ1n) is 11.1. The van der Waals surface area contributed by atoms with Crippen LogP contribution in [0, 0.1) is 11.3 Å². The molecule has 1 fully saturated rings. The number of aliphatic hydroxyl groups excluding tert-OH is 1. The summed E-state index contributed by atoms with van der Waals surface area (Å²) in [6.45, 7) is 3.84. The largest absolute Gasteiger partial charge is 0.507 e. The summed E-state index contributed by atoms with van der Waals surface area (Å²) in [7, 11) is 1.46. The molecule has 0 spiro atoms. The number of Topliss-reactive ketones (excluding diaryl/α,β-unsaturated/α-hetero) is 1. The van der Waals surface area contributed by atoms with Crippen molar-refractivity contribution < 1.29 is 24.2 Å². The van der Waals surface area contributed by atoms with Gasteiger partial charge in [-0.1, -0.05) is 24.3 Å². The van der Waals surface area contributed by atoms with Crippen LogP contribution in [0.1, 0.15) is 36.6 Å². The molecule has 3 aromatic rings. The Morgan fingerprint density at radius 3 is 2.26 bits per heavy atom. The van der Waals surface area contributed by atoms with Gasteiger partial charge in [-0.15, -0.1) is 0 Å². The van der Waals surface area contributed by atoms with Crippen molar-refractivity contribution in [2.45, 2.75) is 26.0 Å². The zero-order chi connectivity index (χ0) is 25.1. The minimum absolute atomic E-state index is 0.0179. The summed E-state index contributed by atoms with van der Waals surface area (Å²) in [5.74, 6) is -0.911. The number of para-hydroxylation sites is 1. The van der Waals surface area contributed by atoms with E-state index in [1.807, 2.05) is 19.9 Å². The van der Waals surface area contributed by atoms with Crippen LogP contribution in [0.15, 0.2) is 78.4 Å². The normalized spacial score (nSPS) is 16.9. The minimum Gasteiger partial charge on any atom is -0.507 e. The molecule has 1 heterocycles. The highest BCUT2D eigenvalue weighted by molar-refractivity contribution is 6.51. The lowest BCUT2D eigenvalue weighted by molar-refractivity contribution is -0.132. The molecule has 1 atom stereocenters. The van der Waals surface area contributed by atoms with E-state index in [1.54, 1.807) is 72.8 Å². The van der Waals surface area contributed by atoms with Crippen LogP contribution in [0.25, 0.3) is 5.76 Å². The molecule has 176 valence electrons. The average molecular weight is 469 g/mol. The zero-order valence-electron chi connectivity index (χ0n) is 19.6. The van der Waals surface area contributed by atoms with Crippen molar-refractivity contribution in [1.82, 2.24) is 0 Å². The molecule has 0 radical (unpaired) electrons. The molecular formula is C28H24N2O5. The topological polar surface area (TPSA) is 99.9 Å². The van der Waals surface area contributed by atoms with E-state index in [-0.39, 0.29) is 17.4 Å². The molecular weight excluding hydrogens is 444 g/mol. The second-order valence-corrected chi connectivity index (χ2v) is 8.26. The van der Waals surface area contributed by atoms with E-state index in [1.165, 1.54) is 12.0 Å². The molecule has 7 heteroatoms. The van der Waals surface area contributed by atoms with Gasteiger partial charge in [-0.2, -0.15) is 5.26 Å². The number of hydrogen-bond acceptors (Lipinski definition) is 6. The Morgan fingerprint density at radius 2 is 1.66 bits per heavy atom. The van der Waals surface area contributed by atoms with Crippen molar-refractivity contribution in [2.75, 3.05) is 12.0 Å². The summed E-state index contributed by atoms with van der Waals surface area (Å²) in [6, 6.07) is 21.3. The number of methoxy groups -OCH3 is 1. The third-order valence-electron chi connectivity index (χ3n) is 5.65. The number of hydrogen-bond donors (Lipinski definition) is 1. The Hall–Kier alpha value is -4.57. The third kappa shape index (κ3) is 4.46. The fourth-order valence-corrected chi connectivity index (χ4v) is 4.10. The Bertz CT molecular complexity index is 1340. The van der Waals surface area contributed by atoms with Gasteiger partial charge in [0.1, 0.15) is 17.3 Å². The van der Waals surface area contributed by atoms with Gasteiger partial charge in [-0.25, -0.2) is 0 Å². The number of aliphatic hydroxyl groups is 1. The van der Waals surface area contributed by atoms with Crippen molar-refractivity contribution >= 4 is 23.1 Å². The van der Waals surface area contributed by atoms with Gasteiger partial charge in [0, 0.05) is 5.69 Å². The van der Waals surface area contributed by atoms with Crippen molar-refractivity contribution in [3.05, 3.63) is 95.1 Å². The van der Waals surface area contributed by atoms with Crippen LogP contribution >= 0.6 is 0 Å². The highest BCUT2D eigenvalue weighted by Crippen LogP contribution is 2.43. The smallest absolute Gasteiger partial charge is 0.300 e. The summed E-state index contributed by atoms with van der Waals surface area (Å²) < 4.78 is 11.1. The van der Waals surface area contributed by atoms with Crippen LogP contribution in [0.3, 0.4) is 0 Å². The van der Waals surface area contributed by atoms with Crippen LogP contribution in [0.4, 0.5) is 5.69 Å². The first kappa shape index (κ1) is 23.6. The van der Waals surface area contributed by atoms with Crippen LogP contribution in [-0.2, 0) is 9.59 Å². The Labute approximate surface area is 203 Å². The number of ether oxygens (including phenoxy) is 2. The number of anilines is 1. The molecule has 0 aromatic heterocycles. The Kier molecular flexibility index (Phi) is 6.56. The molecule has 35 heavy (non-hydrogen) atoms. The van der Waals surface area contributed by atoms with Gasteiger partial charge in [0.25, 0.3) is 11.7 Å². The number of nitriles is 1. The van der Waals surface area contributed by atoms with E-state index in [0.29, 0.717) is 33.9 Å². The first-order valence-corrected chi connectivity index (χ1v) is 11.1. The lowest BCUT2D eigenvalue weighted by Gasteiger charge is -2.26. The number of benzene rings is 3. The van der Waals surface area contributed by atoms with Gasteiger partial charge in [0.05, 0.1) is 42.0 Å². The van der Waals surface area contributed by atoms with E-state index in [0.717, 1.165) is 0 Å². The maximum atomic E-state index is 13.3. The minimum atomic E-state index is -0.902. The molecule has 1 aliphatic heterocycles. The zero-order valence-corrected chi connectivity index (χ0v) is 19.6. The first-order chi connectivity index (χ1) is 16.8. The third-order valence-corrected chi connectivity index (χ3v) is 5.65. The highest BCUT2D eigenvalue weighted by atomic mass is 16.5. The molecule has 1 unspecified atom stereocenters. The van der Waals surface area contributed by atoms with Crippen LogP contribution in [0.5, 0.6) is 11.5 Å². The van der Waals surface area contributed by atoms with Crippen molar-refractivity contribution in [3.63, 3.8) is 0 Å². The maximum Gasteiger partial charge on any atom is 0.300 e. The summed E-state index contributed by atoms with van der Waals surface area (Å²) in [5.41, 5.74) is 1.71. The number of rotatable bonds is 6. The Morgan fingerprint density at radius 1 is 1.00 bits per heavy atom. The molecule has 0 saturated carbocycles. The van der Waals surface area contributed by atoms with Crippen LogP contribution in [0.2, 0.25) is 0 Å². The standard InChI is InChI=1S/C28H24N2O5/c1-17(2)35-21-14-10-19(11-15-21)25-24(26(31)22-6-4-5-7-23(22)34-3)27(32)28(33)30(25)20-12-8-18(16-29)9-13-20/h4-15,17,25,31H,1-3H3/b26-24-. The lowest BCUT2D eigenvalue weighted by Crippen LogP contribution is -2.29. The van der Waals surface area contributed by atoms with Gasteiger partial charge in [-0.05, 0) is 67.9 Å². The number of amides is 1. The predicted molar refractivity (Wildman–Crippen MR) is 131 cm³/mol. The van der Waals surface area contributed by atoms with E-state index < -0.39 is 17.7 Å². The monoisotopic (exact) mass is 468 g/mol. The van der Waals surface area contributed by atoms with E-state index in [9.17, 15) is 14.7 Å². The van der Waals surface area contributed by atoms with Crippen LogP contribution in [-0.4, -0.2) is 30.0 Å². The molecule has 1 aliphatic rings. The van der Waals surface area contributed by atoms with E-state index >= 15 is 0 Å². The summed E-state index contributed by atoms with van der Waals surface area (Å²) in [4.78, 5) is 27.9. The van der Waals surface area contributed by atoms with Crippen molar-refractivity contribution in [2.24, 2.45) is 0 Å². The second kappa shape index (κ2) is 9.74. The lowest BCUT2D eigenvalue weighted by atomic mass is 9.94. The number of carbonyl (C=O) groups excluding carboxylic acids is 2. The number of ketones is 1. The molecule has 0 bridgehead atoms. The molecule has 1 amide bonds. The second-order valence-electron chi connectivity index (χ2n) is 8.26. The fraction of sp³-hybridized carbons (Fsp3) is 0.179. The number of nitrogens with zero attached hydrogens (tertiary/aromatic N) is 2. The molecule has 1 saturated heterocycles. The molecule has 0 aliphatic carbocycles. The van der Waals surface area contributed by atoms with Gasteiger partial charge in [-0.3, -0.25) is 14.5 Å².